The highest BCUT2D eigenvalue weighted by atomic mass is 16.5. The molecule has 0 saturated carbocycles. The van der Waals surface area contributed by atoms with E-state index in [4.69, 9.17) is 10.00 Å². The lowest BCUT2D eigenvalue weighted by atomic mass is 9.89. The number of carbonyl (C=O) groups is 1. The SMILES string of the molecule is CCOC(=O)NC1(C#N)CCN(C)CC1. The second-order valence-electron chi connectivity index (χ2n) is 3.84. The minimum Gasteiger partial charge on any atom is -0.450 e. The normalized spacial score (nSPS) is 20.3. The fourth-order valence-corrected chi connectivity index (χ4v) is 1.63. The fourth-order valence-electron chi connectivity index (χ4n) is 1.63. The molecule has 1 fully saturated rings. The van der Waals surface area contributed by atoms with Crippen LogP contribution in [0.1, 0.15) is 19.8 Å². The van der Waals surface area contributed by atoms with Gasteiger partial charge in [-0.2, -0.15) is 5.26 Å². The lowest BCUT2D eigenvalue weighted by molar-refractivity contribution is 0.129. The Hall–Kier alpha value is -1.28. The van der Waals surface area contributed by atoms with Crippen LogP contribution in [0, 0.1) is 11.3 Å². The Balaban J connectivity index is 2.55. The largest absolute Gasteiger partial charge is 0.450 e. The number of hydrogen-bond donors (Lipinski definition) is 1. The molecule has 0 atom stereocenters. The molecule has 0 bridgehead atoms. The Morgan fingerprint density at radius 2 is 2.20 bits per heavy atom. The average molecular weight is 211 g/mol. The second kappa shape index (κ2) is 4.99. The minimum atomic E-state index is -0.737. The van der Waals surface area contributed by atoms with E-state index in [1.54, 1.807) is 6.92 Å². The quantitative estimate of drug-likeness (QED) is 0.731. The van der Waals surface area contributed by atoms with Crippen molar-refractivity contribution in [1.82, 2.24) is 10.2 Å². The molecule has 1 aliphatic rings. The molecular weight excluding hydrogens is 194 g/mol. The number of likely N-dealkylation sites (tertiary alicyclic amines) is 1. The van der Waals surface area contributed by atoms with Crippen molar-refractivity contribution < 1.29 is 9.53 Å². The van der Waals surface area contributed by atoms with Crippen molar-refractivity contribution in [3.8, 4) is 6.07 Å². The van der Waals surface area contributed by atoms with Crippen molar-refractivity contribution in [3.05, 3.63) is 0 Å². The number of alkyl carbamates (subject to hydrolysis) is 1. The lowest BCUT2D eigenvalue weighted by Crippen LogP contribution is -2.53. The first-order chi connectivity index (χ1) is 7.12. The van der Waals surface area contributed by atoms with Gasteiger partial charge in [0.2, 0.25) is 0 Å². The molecule has 0 spiro atoms. The highest BCUT2D eigenvalue weighted by Crippen LogP contribution is 2.20. The first kappa shape index (κ1) is 11.8. The summed E-state index contributed by atoms with van der Waals surface area (Å²) in [5.74, 6) is 0. The van der Waals surface area contributed by atoms with Gasteiger partial charge in [0.1, 0.15) is 5.54 Å². The highest BCUT2D eigenvalue weighted by Gasteiger charge is 2.35. The summed E-state index contributed by atoms with van der Waals surface area (Å²) in [6.45, 7) is 3.71. The van der Waals surface area contributed by atoms with Gasteiger partial charge in [-0.15, -0.1) is 0 Å². The van der Waals surface area contributed by atoms with Crippen molar-refractivity contribution in [2.75, 3.05) is 26.7 Å². The van der Waals surface area contributed by atoms with E-state index in [1.807, 2.05) is 7.05 Å². The summed E-state index contributed by atoms with van der Waals surface area (Å²) in [5, 5.41) is 11.8. The van der Waals surface area contributed by atoms with E-state index < -0.39 is 11.6 Å². The van der Waals surface area contributed by atoms with Crippen molar-refractivity contribution in [1.29, 1.82) is 5.26 Å². The van der Waals surface area contributed by atoms with E-state index in [0.717, 1.165) is 13.1 Å². The minimum absolute atomic E-state index is 0.327. The Morgan fingerprint density at radius 3 is 2.67 bits per heavy atom. The number of ether oxygens (including phenoxy) is 1. The highest BCUT2D eigenvalue weighted by molar-refractivity contribution is 5.69. The summed E-state index contributed by atoms with van der Waals surface area (Å²) in [5.41, 5.74) is -0.737. The van der Waals surface area contributed by atoms with Gasteiger partial charge in [-0.05, 0) is 26.8 Å². The molecule has 0 aromatic carbocycles. The van der Waals surface area contributed by atoms with E-state index in [9.17, 15) is 4.79 Å². The summed E-state index contributed by atoms with van der Waals surface area (Å²) < 4.78 is 4.78. The van der Waals surface area contributed by atoms with Gasteiger partial charge in [0, 0.05) is 13.1 Å². The van der Waals surface area contributed by atoms with Crippen LogP contribution in [0.5, 0.6) is 0 Å². The zero-order chi connectivity index (χ0) is 11.3. The number of nitrogens with one attached hydrogen (secondary N) is 1. The van der Waals surface area contributed by atoms with Crippen LogP contribution in [-0.2, 0) is 4.74 Å². The molecule has 15 heavy (non-hydrogen) atoms. The monoisotopic (exact) mass is 211 g/mol. The molecule has 0 unspecified atom stereocenters. The molecule has 1 heterocycles. The Bertz CT molecular complexity index is 264. The molecule has 0 radical (unpaired) electrons. The zero-order valence-corrected chi connectivity index (χ0v) is 9.25. The second-order valence-corrected chi connectivity index (χ2v) is 3.84. The van der Waals surface area contributed by atoms with Crippen LogP contribution >= 0.6 is 0 Å². The number of amides is 1. The first-order valence-electron chi connectivity index (χ1n) is 5.16. The third kappa shape index (κ3) is 3.10. The number of hydrogen-bond acceptors (Lipinski definition) is 4. The Kier molecular flexibility index (Phi) is 3.92. The van der Waals surface area contributed by atoms with Gasteiger partial charge in [0.25, 0.3) is 0 Å². The van der Waals surface area contributed by atoms with Gasteiger partial charge in [0.05, 0.1) is 12.7 Å². The number of carbonyl (C=O) groups excluding carboxylic acids is 1. The van der Waals surface area contributed by atoms with Gasteiger partial charge in [-0.1, -0.05) is 0 Å². The van der Waals surface area contributed by atoms with Crippen LogP contribution in [-0.4, -0.2) is 43.3 Å². The van der Waals surface area contributed by atoms with E-state index in [0.29, 0.717) is 19.4 Å². The maximum Gasteiger partial charge on any atom is 0.408 e. The molecule has 1 saturated heterocycles. The van der Waals surface area contributed by atoms with Crippen LogP contribution in [0.25, 0.3) is 0 Å². The third-order valence-corrected chi connectivity index (χ3v) is 2.67. The molecule has 84 valence electrons. The van der Waals surface area contributed by atoms with E-state index in [1.165, 1.54) is 0 Å². The van der Waals surface area contributed by atoms with E-state index in [-0.39, 0.29) is 0 Å². The molecule has 1 aliphatic heterocycles. The van der Waals surface area contributed by atoms with Crippen LogP contribution in [0.2, 0.25) is 0 Å². The van der Waals surface area contributed by atoms with E-state index in [2.05, 4.69) is 16.3 Å². The molecule has 1 rings (SSSR count). The maximum absolute atomic E-state index is 11.3. The third-order valence-electron chi connectivity index (χ3n) is 2.67. The summed E-state index contributed by atoms with van der Waals surface area (Å²) in [6.07, 6.45) is 0.807. The van der Waals surface area contributed by atoms with Crippen LogP contribution < -0.4 is 5.32 Å². The van der Waals surface area contributed by atoms with Crippen LogP contribution in [0.3, 0.4) is 0 Å². The van der Waals surface area contributed by atoms with Crippen molar-refractivity contribution >= 4 is 6.09 Å². The zero-order valence-electron chi connectivity index (χ0n) is 9.25. The average Bonchev–Trinajstić information content (AvgIpc) is 2.22. The molecule has 0 aliphatic carbocycles. The van der Waals surface area contributed by atoms with Gasteiger partial charge in [-0.25, -0.2) is 4.79 Å². The standard InChI is InChI=1S/C10H17N3O2/c1-3-15-9(14)12-10(8-11)4-6-13(2)7-5-10/h3-7H2,1-2H3,(H,12,14). The Morgan fingerprint density at radius 1 is 1.60 bits per heavy atom. The van der Waals surface area contributed by atoms with Crippen molar-refractivity contribution in [2.45, 2.75) is 25.3 Å². The Labute approximate surface area is 90.0 Å². The van der Waals surface area contributed by atoms with Gasteiger partial charge in [-0.3, -0.25) is 0 Å². The topological polar surface area (TPSA) is 65.4 Å². The van der Waals surface area contributed by atoms with Crippen LogP contribution in [0.15, 0.2) is 0 Å². The smallest absolute Gasteiger partial charge is 0.408 e. The molecule has 0 aromatic rings. The lowest BCUT2D eigenvalue weighted by Gasteiger charge is -2.35. The molecule has 5 nitrogen and oxygen atoms in total. The predicted molar refractivity (Wildman–Crippen MR) is 55.2 cm³/mol. The molecule has 1 N–H and O–H groups in total. The number of rotatable bonds is 2. The summed E-state index contributed by atoms with van der Waals surface area (Å²) in [7, 11) is 2.01. The first-order valence-corrected chi connectivity index (χ1v) is 5.16. The van der Waals surface area contributed by atoms with E-state index >= 15 is 0 Å². The van der Waals surface area contributed by atoms with Gasteiger partial charge < -0.3 is 15.0 Å². The molecule has 5 heteroatoms. The van der Waals surface area contributed by atoms with Gasteiger partial charge >= 0.3 is 6.09 Å². The number of nitrogens with zero attached hydrogens (tertiary/aromatic N) is 2. The summed E-state index contributed by atoms with van der Waals surface area (Å²) in [6, 6.07) is 2.19. The summed E-state index contributed by atoms with van der Waals surface area (Å²) in [4.78, 5) is 13.4. The fraction of sp³-hybridized carbons (Fsp3) is 0.800. The van der Waals surface area contributed by atoms with Crippen molar-refractivity contribution in [3.63, 3.8) is 0 Å². The number of nitriles is 1. The van der Waals surface area contributed by atoms with Crippen LogP contribution in [0.4, 0.5) is 4.79 Å². The maximum atomic E-state index is 11.3. The molecule has 1 amide bonds. The van der Waals surface area contributed by atoms with Gasteiger partial charge in [0.15, 0.2) is 0 Å². The number of piperidine rings is 1. The van der Waals surface area contributed by atoms with Crippen molar-refractivity contribution in [2.24, 2.45) is 0 Å². The predicted octanol–water partition coefficient (Wildman–Crippen LogP) is 0.720. The summed E-state index contributed by atoms with van der Waals surface area (Å²) >= 11 is 0. The molecular formula is C10H17N3O2. The molecule has 0 aromatic heterocycles.